The largest absolute Gasteiger partial charge is 0.368 e. The molecule has 11 heavy (non-hydrogen) atoms. The summed E-state index contributed by atoms with van der Waals surface area (Å²) >= 11 is 0. The first kappa shape index (κ1) is 10.2. The van der Waals surface area contributed by atoms with E-state index in [2.05, 4.69) is 11.9 Å². The Balaban J connectivity index is 3.72. The number of amides is 1. The van der Waals surface area contributed by atoms with Gasteiger partial charge in [0.05, 0.1) is 5.54 Å². The molecular formula is C8H16N2O. The van der Waals surface area contributed by atoms with Crippen LogP contribution in [0, 0.1) is 0 Å². The first-order valence-corrected chi connectivity index (χ1v) is 3.66. The highest BCUT2D eigenvalue weighted by Gasteiger charge is 2.22. The van der Waals surface area contributed by atoms with Gasteiger partial charge < -0.3 is 11.1 Å². The zero-order valence-electron chi connectivity index (χ0n) is 7.18. The van der Waals surface area contributed by atoms with Crippen LogP contribution >= 0.6 is 0 Å². The predicted molar refractivity (Wildman–Crippen MR) is 46.1 cm³/mol. The van der Waals surface area contributed by atoms with E-state index in [1.807, 2.05) is 0 Å². The molecule has 0 radical (unpaired) electrons. The Morgan fingerprint density at radius 1 is 1.73 bits per heavy atom. The average Bonchev–Trinajstić information content (AvgIpc) is 1.88. The fourth-order valence-electron chi connectivity index (χ4n) is 0.574. The zero-order valence-corrected chi connectivity index (χ0v) is 7.18. The van der Waals surface area contributed by atoms with Gasteiger partial charge in [-0.3, -0.25) is 4.79 Å². The van der Waals surface area contributed by atoms with E-state index >= 15 is 0 Å². The highest BCUT2D eigenvalue weighted by atomic mass is 16.1. The molecule has 3 nitrogen and oxygen atoms in total. The molecule has 3 heteroatoms. The second-order valence-electron chi connectivity index (χ2n) is 2.99. The summed E-state index contributed by atoms with van der Waals surface area (Å²) in [4.78, 5) is 10.7. The first-order chi connectivity index (χ1) is 5.00. The van der Waals surface area contributed by atoms with Crippen molar-refractivity contribution in [3.8, 4) is 0 Å². The molecule has 1 amide bonds. The fraction of sp³-hybridized carbons (Fsp3) is 0.625. The Morgan fingerprint density at radius 3 is 2.64 bits per heavy atom. The van der Waals surface area contributed by atoms with Crippen molar-refractivity contribution in [3.05, 3.63) is 12.7 Å². The Labute approximate surface area is 67.7 Å². The van der Waals surface area contributed by atoms with Gasteiger partial charge >= 0.3 is 0 Å². The fourth-order valence-corrected chi connectivity index (χ4v) is 0.574. The minimum absolute atomic E-state index is 0.332. The normalized spacial score (nSPS) is 11.1. The minimum atomic E-state index is -0.608. The van der Waals surface area contributed by atoms with E-state index in [4.69, 9.17) is 5.73 Å². The molecule has 0 aliphatic rings. The molecule has 0 saturated heterocycles. The number of hydrogen-bond acceptors (Lipinski definition) is 2. The van der Waals surface area contributed by atoms with Crippen LogP contribution in [-0.2, 0) is 4.79 Å². The standard InChI is InChI=1S/C8H16N2O/c1-4-5-6-10-8(2,3)7(9)11/h4,10H,1,5-6H2,2-3H3,(H2,9,11). The van der Waals surface area contributed by atoms with Crippen LogP contribution in [0.15, 0.2) is 12.7 Å². The van der Waals surface area contributed by atoms with Crippen molar-refractivity contribution in [2.24, 2.45) is 5.73 Å². The van der Waals surface area contributed by atoms with Gasteiger partial charge in [-0.2, -0.15) is 0 Å². The Bertz CT molecular complexity index is 152. The lowest BCUT2D eigenvalue weighted by molar-refractivity contribution is -0.123. The molecule has 0 aromatic carbocycles. The summed E-state index contributed by atoms with van der Waals surface area (Å²) in [7, 11) is 0. The number of carbonyl (C=O) groups excluding carboxylic acids is 1. The molecule has 0 fully saturated rings. The second-order valence-corrected chi connectivity index (χ2v) is 2.99. The molecule has 0 aromatic heterocycles. The summed E-state index contributed by atoms with van der Waals surface area (Å²) in [6, 6.07) is 0. The molecule has 0 bridgehead atoms. The van der Waals surface area contributed by atoms with Crippen molar-refractivity contribution in [3.63, 3.8) is 0 Å². The van der Waals surface area contributed by atoms with Crippen LogP contribution < -0.4 is 11.1 Å². The third-order valence-electron chi connectivity index (χ3n) is 1.53. The molecule has 0 unspecified atom stereocenters. The minimum Gasteiger partial charge on any atom is -0.368 e. The molecular weight excluding hydrogens is 140 g/mol. The van der Waals surface area contributed by atoms with Gasteiger partial charge in [0, 0.05) is 0 Å². The van der Waals surface area contributed by atoms with Crippen LogP contribution in [0.5, 0.6) is 0 Å². The maximum Gasteiger partial charge on any atom is 0.237 e. The lowest BCUT2D eigenvalue weighted by Crippen LogP contribution is -2.50. The van der Waals surface area contributed by atoms with Crippen LogP contribution in [0.2, 0.25) is 0 Å². The number of carbonyl (C=O) groups is 1. The van der Waals surface area contributed by atoms with E-state index in [-0.39, 0.29) is 5.91 Å². The monoisotopic (exact) mass is 156 g/mol. The van der Waals surface area contributed by atoms with E-state index in [1.165, 1.54) is 0 Å². The SMILES string of the molecule is C=CCCNC(C)(C)C(N)=O. The summed E-state index contributed by atoms with van der Waals surface area (Å²) in [6.07, 6.45) is 2.64. The number of nitrogens with two attached hydrogens (primary N) is 1. The van der Waals surface area contributed by atoms with E-state index in [9.17, 15) is 4.79 Å². The van der Waals surface area contributed by atoms with E-state index in [1.54, 1.807) is 19.9 Å². The van der Waals surface area contributed by atoms with Crippen LogP contribution in [0.3, 0.4) is 0 Å². The number of nitrogens with one attached hydrogen (secondary N) is 1. The predicted octanol–water partition coefficient (Wildman–Crippen LogP) is 0.416. The zero-order chi connectivity index (χ0) is 8.91. The van der Waals surface area contributed by atoms with Crippen LogP contribution in [0.4, 0.5) is 0 Å². The van der Waals surface area contributed by atoms with Gasteiger partial charge in [-0.1, -0.05) is 6.08 Å². The van der Waals surface area contributed by atoms with Gasteiger partial charge in [0.25, 0.3) is 0 Å². The maximum absolute atomic E-state index is 10.7. The lowest BCUT2D eigenvalue weighted by atomic mass is 10.1. The van der Waals surface area contributed by atoms with Crippen LogP contribution in [-0.4, -0.2) is 18.0 Å². The van der Waals surface area contributed by atoms with E-state index in [0.717, 1.165) is 13.0 Å². The van der Waals surface area contributed by atoms with E-state index < -0.39 is 5.54 Å². The van der Waals surface area contributed by atoms with Crippen LogP contribution in [0.25, 0.3) is 0 Å². The quantitative estimate of drug-likeness (QED) is 0.447. The van der Waals surface area contributed by atoms with Crippen molar-refractivity contribution in [1.82, 2.24) is 5.32 Å². The summed E-state index contributed by atoms with van der Waals surface area (Å²) in [6.45, 7) is 7.83. The topological polar surface area (TPSA) is 55.1 Å². The second kappa shape index (κ2) is 4.13. The van der Waals surface area contributed by atoms with Crippen molar-refractivity contribution >= 4 is 5.91 Å². The third-order valence-corrected chi connectivity index (χ3v) is 1.53. The van der Waals surface area contributed by atoms with Gasteiger partial charge in [0.2, 0.25) is 5.91 Å². The number of rotatable bonds is 5. The molecule has 64 valence electrons. The van der Waals surface area contributed by atoms with Gasteiger partial charge in [0.1, 0.15) is 0 Å². The summed E-state index contributed by atoms with van der Waals surface area (Å²) < 4.78 is 0. The Morgan fingerprint density at radius 2 is 2.27 bits per heavy atom. The molecule has 0 aromatic rings. The summed E-state index contributed by atoms with van der Waals surface area (Å²) in [5.74, 6) is -0.332. The smallest absolute Gasteiger partial charge is 0.237 e. The van der Waals surface area contributed by atoms with Crippen molar-refractivity contribution in [2.75, 3.05) is 6.54 Å². The molecule has 3 N–H and O–H groups in total. The summed E-state index contributed by atoms with van der Waals surface area (Å²) in [5, 5.41) is 3.01. The molecule has 0 saturated carbocycles. The molecule has 0 rings (SSSR count). The highest BCUT2D eigenvalue weighted by Crippen LogP contribution is 1.99. The Kier molecular flexibility index (Phi) is 3.82. The summed E-state index contributed by atoms with van der Waals surface area (Å²) in [5.41, 5.74) is 4.52. The Hall–Kier alpha value is -0.830. The number of primary amides is 1. The van der Waals surface area contributed by atoms with Crippen molar-refractivity contribution in [1.29, 1.82) is 0 Å². The maximum atomic E-state index is 10.7. The molecule has 0 spiro atoms. The van der Waals surface area contributed by atoms with Crippen LogP contribution in [0.1, 0.15) is 20.3 Å². The van der Waals surface area contributed by atoms with Gasteiger partial charge in [-0.25, -0.2) is 0 Å². The van der Waals surface area contributed by atoms with Gasteiger partial charge in [0.15, 0.2) is 0 Å². The first-order valence-electron chi connectivity index (χ1n) is 3.66. The van der Waals surface area contributed by atoms with Gasteiger partial charge in [-0.05, 0) is 26.8 Å². The molecule has 0 atom stereocenters. The van der Waals surface area contributed by atoms with Gasteiger partial charge in [-0.15, -0.1) is 6.58 Å². The highest BCUT2D eigenvalue weighted by molar-refractivity contribution is 5.83. The number of hydrogen-bond donors (Lipinski definition) is 2. The molecule has 0 aliphatic heterocycles. The van der Waals surface area contributed by atoms with Crippen molar-refractivity contribution < 1.29 is 4.79 Å². The lowest BCUT2D eigenvalue weighted by Gasteiger charge is -2.21. The molecule has 0 aliphatic carbocycles. The average molecular weight is 156 g/mol. The van der Waals surface area contributed by atoms with E-state index in [0.29, 0.717) is 0 Å². The molecule has 0 heterocycles. The third kappa shape index (κ3) is 3.78. The van der Waals surface area contributed by atoms with Crippen molar-refractivity contribution in [2.45, 2.75) is 25.8 Å².